The molecule has 1 atom stereocenters. The van der Waals surface area contributed by atoms with Gasteiger partial charge in [-0.2, -0.15) is 10.4 Å². The molecule has 2 aromatic heterocycles. The zero-order valence-corrected chi connectivity index (χ0v) is 22.2. The summed E-state index contributed by atoms with van der Waals surface area (Å²) in [6.45, 7) is 4.22. The molecule has 1 fully saturated rings. The van der Waals surface area contributed by atoms with Crippen molar-refractivity contribution in [3.05, 3.63) is 72.3 Å². The van der Waals surface area contributed by atoms with Crippen molar-refractivity contribution in [2.24, 2.45) is 5.73 Å². The van der Waals surface area contributed by atoms with Crippen LogP contribution < -0.4 is 16.2 Å². The van der Waals surface area contributed by atoms with Crippen molar-refractivity contribution < 1.29 is 13.9 Å². The van der Waals surface area contributed by atoms with E-state index in [1.807, 2.05) is 24.3 Å². The first kappa shape index (κ1) is 26.8. The van der Waals surface area contributed by atoms with Gasteiger partial charge in [0.15, 0.2) is 5.65 Å². The Morgan fingerprint density at radius 3 is 2.70 bits per heavy atom. The van der Waals surface area contributed by atoms with Crippen LogP contribution >= 0.6 is 0 Å². The first-order chi connectivity index (χ1) is 19.1. The van der Waals surface area contributed by atoms with Crippen molar-refractivity contribution in [3.63, 3.8) is 0 Å². The summed E-state index contributed by atoms with van der Waals surface area (Å²) < 4.78 is 22.8. The fourth-order valence-corrected chi connectivity index (χ4v) is 4.88. The van der Waals surface area contributed by atoms with Crippen LogP contribution in [0.1, 0.15) is 26.7 Å². The maximum Gasteiger partial charge on any atom is 0.264 e. The van der Waals surface area contributed by atoms with Crippen LogP contribution in [0, 0.1) is 17.1 Å². The summed E-state index contributed by atoms with van der Waals surface area (Å²) in [4.78, 5) is 23.4. The van der Waals surface area contributed by atoms with Crippen molar-refractivity contribution in [3.8, 4) is 28.8 Å². The molecule has 2 aromatic carbocycles. The minimum absolute atomic E-state index is 0.00290. The summed E-state index contributed by atoms with van der Waals surface area (Å²) in [6, 6.07) is 15.3. The number of hydrogen-bond donors (Lipinski definition) is 2. The van der Waals surface area contributed by atoms with Crippen LogP contribution in [-0.4, -0.2) is 48.7 Å². The lowest BCUT2D eigenvalue weighted by atomic mass is 10.0. The van der Waals surface area contributed by atoms with Crippen LogP contribution in [-0.2, 0) is 11.3 Å². The Hall–Kier alpha value is -4.82. The highest BCUT2D eigenvalue weighted by Crippen LogP contribution is 2.35. The number of para-hydroxylation sites is 1. The Bertz CT molecular complexity index is 1640. The SMILES string of the molecule is CC(C)(N)/C=C(/C#N)C(=O)N1CCC[C@H]1Cn1nc(-c2ccc(Oc3ccccc3)cc2F)c2c(N)ncnc21. The quantitative estimate of drug-likeness (QED) is 0.262. The van der Waals surface area contributed by atoms with Gasteiger partial charge >= 0.3 is 0 Å². The average Bonchev–Trinajstić information content (AvgIpc) is 3.53. The van der Waals surface area contributed by atoms with Crippen molar-refractivity contribution in [2.45, 2.75) is 44.8 Å². The molecule has 0 aliphatic carbocycles. The van der Waals surface area contributed by atoms with E-state index in [1.165, 1.54) is 18.5 Å². The lowest BCUT2D eigenvalue weighted by molar-refractivity contribution is -0.127. The molecule has 11 heteroatoms. The largest absolute Gasteiger partial charge is 0.457 e. The van der Waals surface area contributed by atoms with Gasteiger partial charge in [0.05, 0.1) is 18.0 Å². The molecule has 0 spiro atoms. The molecule has 3 heterocycles. The number of halogens is 1. The van der Waals surface area contributed by atoms with E-state index in [1.54, 1.807) is 47.7 Å². The smallest absolute Gasteiger partial charge is 0.264 e. The molecular formula is C29H29FN8O2. The third-order valence-electron chi connectivity index (χ3n) is 6.62. The zero-order valence-electron chi connectivity index (χ0n) is 22.2. The zero-order chi connectivity index (χ0) is 28.4. The van der Waals surface area contributed by atoms with Gasteiger partial charge in [-0.15, -0.1) is 0 Å². The number of amides is 1. The Morgan fingerprint density at radius 2 is 2.00 bits per heavy atom. The number of hydrogen-bond acceptors (Lipinski definition) is 8. The van der Waals surface area contributed by atoms with Gasteiger partial charge in [0.25, 0.3) is 5.91 Å². The number of carbonyl (C=O) groups is 1. The van der Waals surface area contributed by atoms with E-state index in [-0.39, 0.29) is 41.1 Å². The molecular weight excluding hydrogens is 511 g/mol. The number of carbonyl (C=O) groups excluding carboxylic acids is 1. The monoisotopic (exact) mass is 540 g/mol. The molecule has 4 N–H and O–H groups in total. The number of nitrogen functional groups attached to an aromatic ring is 1. The molecule has 204 valence electrons. The van der Waals surface area contributed by atoms with E-state index >= 15 is 4.39 Å². The van der Waals surface area contributed by atoms with Crippen LogP contribution in [0.15, 0.2) is 66.5 Å². The Labute approximate surface area is 230 Å². The van der Waals surface area contributed by atoms with E-state index in [0.717, 1.165) is 6.42 Å². The molecule has 0 bridgehead atoms. The van der Waals surface area contributed by atoms with Crippen LogP contribution in [0.4, 0.5) is 10.2 Å². The van der Waals surface area contributed by atoms with E-state index < -0.39 is 11.4 Å². The minimum Gasteiger partial charge on any atom is -0.457 e. The van der Waals surface area contributed by atoms with Crippen molar-refractivity contribution in [2.75, 3.05) is 12.3 Å². The number of nitriles is 1. The van der Waals surface area contributed by atoms with Gasteiger partial charge in [-0.1, -0.05) is 18.2 Å². The van der Waals surface area contributed by atoms with Crippen molar-refractivity contribution in [1.82, 2.24) is 24.6 Å². The first-order valence-electron chi connectivity index (χ1n) is 12.9. The molecule has 1 aliphatic heterocycles. The summed E-state index contributed by atoms with van der Waals surface area (Å²) in [5.74, 6) is 0.155. The average molecular weight is 541 g/mol. The number of aromatic nitrogens is 4. The summed E-state index contributed by atoms with van der Waals surface area (Å²) in [7, 11) is 0. The standard InChI is InChI=1S/C29H29FN8O2/c1-29(2,33)14-18(15-31)28(39)37-12-6-7-19(37)16-38-27-24(26(32)34-17-35-27)25(36-38)22-11-10-21(13-23(22)30)40-20-8-4-3-5-9-20/h3-5,8-11,13-14,17,19H,6-7,12,16,33H2,1-2H3,(H2,32,34,35)/b18-14-/t19-/m0/s1. The molecule has 0 saturated carbocycles. The number of ether oxygens (including phenoxy) is 1. The second kappa shape index (κ2) is 10.7. The fraction of sp³-hybridized carbons (Fsp3) is 0.276. The summed E-state index contributed by atoms with van der Waals surface area (Å²) in [5, 5.41) is 14.7. The Kier molecular flexibility index (Phi) is 7.19. The van der Waals surface area contributed by atoms with E-state index in [9.17, 15) is 10.1 Å². The molecule has 5 rings (SSSR count). The number of fused-ring (bicyclic) bond motifs is 1. The van der Waals surface area contributed by atoms with Gasteiger partial charge in [0, 0.05) is 23.7 Å². The lowest BCUT2D eigenvalue weighted by Gasteiger charge is -2.25. The molecule has 1 amide bonds. The van der Waals surface area contributed by atoms with Gasteiger partial charge in [-0.05, 0) is 57.0 Å². The molecule has 10 nitrogen and oxygen atoms in total. The highest BCUT2D eigenvalue weighted by Gasteiger charge is 2.33. The van der Waals surface area contributed by atoms with Crippen LogP contribution in [0.25, 0.3) is 22.3 Å². The van der Waals surface area contributed by atoms with Crippen molar-refractivity contribution in [1.29, 1.82) is 5.26 Å². The number of benzene rings is 2. The normalized spacial score (nSPS) is 15.8. The van der Waals surface area contributed by atoms with Crippen molar-refractivity contribution >= 4 is 22.8 Å². The van der Waals surface area contributed by atoms with Gasteiger partial charge < -0.3 is 21.1 Å². The second-order valence-electron chi connectivity index (χ2n) is 10.3. The number of nitrogens with zero attached hydrogens (tertiary/aromatic N) is 6. The minimum atomic E-state index is -0.816. The highest BCUT2D eigenvalue weighted by atomic mass is 19.1. The molecule has 4 aromatic rings. The van der Waals surface area contributed by atoms with E-state index in [4.69, 9.17) is 21.3 Å². The predicted octanol–water partition coefficient (Wildman–Crippen LogP) is 4.19. The third kappa shape index (κ3) is 5.48. The van der Waals surface area contributed by atoms with Crippen LogP contribution in [0.5, 0.6) is 11.5 Å². The maximum absolute atomic E-state index is 15.4. The first-order valence-corrected chi connectivity index (χ1v) is 12.9. The van der Waals surface area contributed by atoms with Gasteiger partial charge in [-0.25, -0.2) is 19.0 Å². The number of nitrogens with two attached hydrogens (primary N) is 2. The summed E-state index contributed by atoms with van der Waals surface area (Å²) in [5.41, 5.74) is 12.3. The molecule has 40 heavy (non-hydrogen) atoms. The summed E-state index contributed by atoms with van der Waals surface area (Å²) >= 11 is 0. The fourth-order valence-electron chi connectivity index (χ4n) is 4.88. The predicted molar refractivity (Wildman–Crippen MR) is 148 cm³/mol. The van der Waals surface area contributed by atoms with Gasteiger partial charge in [-0.3, -0.25) is 4.79 Å². The van der Waals surface area contributed by atoms with Crippen LogP contribution in [0.3, 0.4) is 0 Å². The summed E-state index contributed by atoms with van der Waals surface area (Å²) in [6.07, 6.45) is 4.27. The van der Waals surface area contributed by atoms with Gasteiger partial charge in [0.1, 0.15) is 46.8 Å². The highest BCUT2D eigenvalue weighted by molar-refractivity contribution is 5.99. The molecule has 1 saturated heterocycles. The molecule has 1 aliphatic rings. The number of likely N-dealkylation sites (tertiary alicyclic amines) is 1. The molecule has 0 radical (unpaired) electrons. The molecule has 0 unspecified atom stereocenters. The third-order valence-corrected chi connectivity index (χ3v) is 6.62. The topological polar surface area (TPSA) is 149 Å². The number of rotatable bonds is 7. The second-order valence-corrected chi connectivity index (χ2v) is 10.3. The van der Waals surface area contributed by atoms with E-state index in [0.29, 0.717) is 35.5 Å². The maximum atomic E-state index is 15.4. The van der Waals surface area contributed by atoms with E-state index in [2.05, 4.69) is 9.97 Å². The lowest BCUT2D eigenvalue weighted by Crippen LogP contribution is -2.40. The Morgan fingerprint density at radius 1 is 1.23 bits per heavy atom. The Balaban J connectivity index is 1.48. The van der Waals surface area contributed by atoms with Gasteiger partial charge in [0.2, 0.25) is 0 Å². The number of anilines is 1. The van der Waals surface area contributed by atoms with Crippen LogP contribution in [0.2, 0.25) is 0 Å².